The Morgan fingerprint density at radius 2 is 2.06 bits per heavy atom. The number of carboxylic acids is 1. The summed E-state index contributed by atoms with van der Waals surface area (Å²) in [4.78, 5) is 15.1. The highest BCUT2D eigenvalue weighted by molar-refractivity contribution is 5.86. The SMILES string of the molecule is COc1ccc(Cn2cnc(C)c2C(=O)O)cc1. The molecule has 1 aromatic carbocycles. The fourth-order valence-corrected chi connectivity index (χ4v) is 1.81. The van der Waals surface area contributed by atoms with Crippen LogP contribution < -0.4 is 4.74 Å². The Hall–Kier alpha value is -2.30. The van der Waals surface area contributed by atoms with E-state index in [-0.39, 0.29) is 5.69 Å². The molecule has 0 fully saturated rings. The number of aromatic nitrogens is 2. The zero-order valence-electron chi connectivity index (χ0n) is 10.3. The molecule has 0 atom stereocenters. The third-order valence-corrected chi connectivity index (χ3v) is 2.74. The molecular weight excluding hydrogens is 232 g/mol. The Bertz CT molecular complexity index is 558. The standard InChI is InChI=1S/C13H14N2O3/c1-9-12(13(16)17)15(8-14-9)7-10-3-5-11(18-2)6-4-10/h3-6,8H,7H2,1-2H3,(H,16,17). The van der Waals surface area contributed by atoms with E-state index in [1.807, 2.05) is 24.3 Å². The highest BCUT2D eigenvalue weighted by atomic mass is 16.5. The van der Waals surface area contributed by atoms with E-state index in [0.29, 0.717) is 12.2 Å². The van der Waals surface area contributed by atoms with Crippen molar-refractivity contribution < 1.29 is 14.6 Å². The fourth-order valence-electron chi connectivity index (χ4n) is 1.81. The van der Waals surface area contributed by atoms with Crippen LogP contribution in [0.3, 0.4) is 0 Å². The number of hydrogen-bond acceptors (Lipinski definition) is 3. The molecule has 0 aliphatic rings. The maximum atomic E-state index is 11.1. The van der Waals surface area contributed by atoms with Gasteiger partial charge in [-0.25, -0.2) is 9.78 Å². The summed E-state index contributed by atoms with van der Waals surface area (Å²) in [6.07, 6.45) is 1.54. The van der Waals surface area contributed by atoms with E-state index in [2.05, 4.69) is 4.98 Å². The molecule has 0 aliphatic carbocycles. The van der Waals surface area contributed by atoms with Gasteiger partial charge in [-0.3, -0.25) is 0 Å². The first-order valence-corrected chi connectivity index (χ1v) is 5.49. The minimum absolute atomic E-state index is 0.228. The van der Waals surface area contributed by atoms with Crippen molar-refractivity contribution in [3.8, 4) is 5.75 Å². The second-order valence-corrected chi connectivity index (χ2v) is 3.96. The van der Waals surface area contributed by atoms with Crippen LogP contribution in [0.2, 0.25) is 0 Å². The quantitative estimate of drug-likeness (QED) is 0.895. The first kappa shape index (κ1) is 12.2. The summed E-state index contributed by atoms with van der Waals surface area (Å²) in [5, 5.41) is 9.11. The molecule has 0 amide bonds. The van der Waals surface area contributed by atoms with E-state index in [1.165, 1.54) is 0 Å². The second kappa shape index (κ2) is 4.91. The molecular formula is C13H14N2O3. The molecule has 2 aromatic rings. The van der Waals surface area contributed by atoms with E-state index in [0.717, 1.165) is 11.3 Å². The zero-order chi connectivity index (χ0) is 13.1. The molecule has 2 rings (SSSR count). The number of nitrogens with zero attached hydrogens (tertiary/aromatic N) is 2. The van der Waals surface area contributed by atoms with Crippen LogP contribution in [-0.4, -0.2) is 27.7 Å². The summed E-state index contributed by atoms with van der Waals surface area (Å²) in [6, 6.07) is 7.50. The van der Waals surface area contributed by atoms with Gasteiger partial charge in [-0.1, -0.05) is 12.1 Å². The number of aryl methyl sites for hydroxylation is 1. The van der Waals surface area contributed by atoms with Gasteiger partial charge in [0.1, 0.15) is 11.4 Å². The van der Waals surface area contributed by atoms with E-state index < -0.39 is 5.97 Å². The van der Waals surface area contributed by atoms with E-state index in [9.17, 15) is 4.79 Å². The number of ether oxygens (including phenoxy) is 1. The maximum absolute atomic E-state index is 11.1. The smallest absolute Gasteiger partial charge is 0.354 e. The highest BCUT2D eigenvalue weighted by Gasteiger charge is 2.14. The molecule has 0 unspecified atom stereocenters. The number of aromatic carboxylic acids is 1. The lowest BCUT2D eigenvalue weighted by Gasteiger charge is -2.07. The lowest BCUT2D eigenvalue weighted by molar-refractivity contribution is 0.0685. The average molecular weight is 246 g/mol. The van der Waals surface area contributed by atoms with Crippen molar-refractivity contribution >= 4 is 5.97 Å². The van der Waals surface area contributed by atoms with Crippen molar-refractivity contribution in [1.82, 2.24) is 9.55 Å². The number of methoxy groups -OCH3 is 1. The molecule has 0 spiro atoms. The van der Waals surface area contributed by atoms with Gasteiger partial charge in [0, 0.05) is 6.54 Å². The number of benzene rings is 1. The Kier molecular flexibility index (Phi) is 3.32. The third-order valence-electron chi connectivity index (χ3n) is 2.74. The van der Waals surface area contributed by atoms with Crippen LogP contribution in [-0.2, 0) is 6.54 Å². The summed E-state index contributed by atoms with van der Waals surface area (Å²) in [6.45, 7) is 2.17. The van der Waals surface area contributed by atoms with Crippen LogP contribution in [0.4, 0.5) is 0 Å². The molecule has 1 N–H and O–H groups in total. The van der Waals surface area contributed by atoms with Gasteiger partial charge in [0.05, 0.1) is 19.1 Å². The summed E-state index contributed by atoms with van der Waals surface area (Å²) < 4.78 is 6.70. The van der Waals surface area contributed by atoms with Crippen molar-refractivity contribution in [2.24, 2.45) is 0 Å². The molecule has 18 heavy (non-hydrogen) atoms. The first-order valence-electron chi connectivity index (χ1n) is 5.49. The van der Waals surface area contributed by atoms with Crippen LogP contribution >= 0.6 is 0 Å². The van der Waals surface area contributed by atoms with Gasteiger partial charge in [0.15, 0.2) is 0 Å². The van der Waals surface area contributed by atoms with Gasteiger partial charge in [0.2, 0.25) is 0 Å². The molecule has 1 heterocycles. The van der Waals surface area contributed by atoms with Crippen LogP contribution in [0.1, 0.15) is 21.7 Å². The molecule has 5 heteroatoms. The predicted molar refractivity (Wildman–Crippen MR) is 66.0 cm³/mol. The van der Waals surface area contributed by atoms with Gasteiger partial charge in [0.25, 0.3) is 0 Å². The van der Waals surface area contributed by atoms with Crippen LogP contribution in [0, 0.1) is 6.92 Å². The minimum Gasteiger partial charge on any atom is -0.497 e. The Morgan fingerprint density at radius 1 is 1.39 bits per heavy atom. The molecule has 5 nitrogen and oxygen atoms in total. The van der Waals surface area contributed by atoms with Gasteiger partial charge in [-0.05, 0) is 24.6 Å². The van der Waals surface area contributed by atoms with Gasteiger partial charge >= 0.3 is 5.97 Å². The normalized spacial score (nSPS) is 10.3. The van der Waals surface area contributed by atoms with Crippen molar-refractivity contribution in [2.45, 2.75) is 13.5 Å². The summed E-state index contributed by atoms with van der Waals surface area (Å²) in [5.74, 6) is -0.183. The molecule has 0 aliphatic heterocycles. The lowest BCUT2D eigenvalue weighted by atomic mass is 10.2. The number of hydrogen-bond donors (Lipinski definition) is 1. The van der Waals surface area contributed by atoms with Crippen LogP contribution in [0.25, 0.3) is 0 Å². The van der Waals surface area contributed by atoms with Crippen LogP contribution in [0.5, 0.6) is 5.75 Å². The van der Waals surface area contributed by atoms with Gasteiger partial charge in [-0.2, -0.15) is 0 Å². The first-order chi connectivity index (χ1) is 8.61. The largest absolute Gasteiger partial charge is 0.497 e. The van der Waals surface area contributed by atoms with Gasteiger partial charge in [-0.15, -0.1) is 0 Å². The molecule has 0 saturated heterocycles. The minimum atomic E-state index is -0.960. The Balaban J connectivity index is 2.25. The van der Waals surface area contributed by atoms with Crippen molar-refractivity contribution in [1.29, 1.82) is 0 Å². The summed E-state index contributed by atoms with van der Waals surface area (Å²) in [5.41, 5.74) is 1.75. The average Bonchev–Trinajstić information content (AvgIpc) is 2.71. The molecule has 94 valence electrons. The van der Waals surface area contributed by atoms with Crippen molar-refractivity contribution in [3.63, 3.8) is 0 Å². The number of carboxylic acid groups (broad SMARTS) is 1. The van der Waals surface area contributed by atoms with Gasteiger partial charge < -0.3 is 14.4 Å². The van der Waals surface area contributed by atoms with E-state index >= 15 is 0 Å². The zero-order valence-corrected chi connectivity index (χ0v) is 10.3. The monoisotopic (exact) mass is 246 g/mol. The Labute approximate surface area is 105 Å². The predicted octanol–water partition coefficient (Wildman–Crippen LogP) is 1.95. The summed E-state index contributed by atoms with van der Waals surface area (Å²) in [7, 11) is 1.61. The molecule has 1 aromatic heterocycles. The number of carbonyl (C=O) groups is 1. The topological polar surface area (TPSA) is 64.4 Å². The molecule has 0 radical (unpaired) electrons. The Morgan fingerprint density at radius 3 is 2.61 bits per heavy atom. The third kappa shape index (κ3) is 2.34. The fraction of sp³-hybridized carbons (Fsp3) is 0.231. The van der Waals surface area contributed by atoms with E-state index in [1.54, 1.807) is 24.9 Å². The maximum Gasteiger partial charge on any atom is 0.354 e. The number of imidazole rings is 1. The van der Waals surface area contributed by atoms with E-state index in [4.69, 9.17) is 9.84 Å². The lowest BCUT2D eigenvalue weighted by Crippen LogP contribution is -2.09. The second-order valence-electron chi connectivity index (χ2n) is 3.96. The number of rotatable bonds is 4. The molecule has 0 saturated carbocycles. The van der Waals surface area contributed by atoms with Crippen molar-refractivity contribution in [3.05, 3.63) is 47.5 Å². The molecule has 0 bridgehead atoms. The van der Waals surface area contributed by atoms with Crippen molar-refractivity contribution in [2.75, 3.05) is 7.11 Å². The summed E-state index contributed by atoms with van der Waals surface area (Å²) >= 11 is 0. The highest BCUT2D eigenvalue weighted by Crippen LogP contribution is 2.14. The van der Waals surface area contributed by atoms with Crippen LogP contribution in [0.15, 0.2) is 30.6 Å².